The molecule has 2 N–H and O–H groups in total. The van der Waals surface area contributed by atoms with Crippen molar-refractivity contribution in [1.29, 1.82) is 0 Å². The number of hydrogen-bond donors (Lipinski definition) is 2. The van der Waals surface area contributed by atoms with Crippen molar-refractivity contribution in [3.05, 3.63) is 35.4 Å². The van der Waals surface area contributed by atoms with Gasteiger partial charge in [-0.05, 0) is 12.5 Å². The molecule has 1 rings (SSSR count). The molecule has 1 aromatic rings. The molecule has 94 valence electrons. The summed E-state index contributed by atoms with van der Waals surface area (Å²) in [6.07, 6.45) is 0. The predicted molar refractivity (Wildman–Crippen MR) is 71.3 cm³/mol. The molecule has 0 saturated carbocycles. The molecule has 0 aromatic heterocycles. The second kappa shape index (κ2) is 7.68. The molecular formula is C13H21N3O. The molecule has 0 saturated heterocycles. The van der Waals surface area contributed by atoms with Gasteiger partial charge in [-0.1, -0.05) is 29.8 Å². The van der Waals surface area contributed by atoms with E-state index in [0.29, 0.717) is 6.61 Å². The minimum absolute atomic E-state index is 0.672. The van der Waals surface area contributed by atoms with Gasteiger partial charge in [-0.3, -0.25) is 4.99 Å². The SMILES string of the molecule is CN=C(NCCOC)NCc1ccc(C)cc1. The summed E-state index contributed by atoms with van der Waals surface area (Å²) >= 11 is 0. The first-order valence-corrected chi connectivity index (χ1v) is 5.75. The third-order valence-electron chi connectivity index (χ3n) is 2.40. The lowest BCUT2D eigenvalue weighted by molar-refractivity contribution is 0.203. The van der Waals surface area contributed by atoms with E-state index in [4.69, 9.17) is 4.74 Å². The lowest BCUT2D eigenvalue weighted by atomic mass is 10.1. The maximum Gasteiger partial charge on any atom is 0.191 e. The molecule has 17 heavy (non-hydrogen) atoms. The second-order valence-corrected chi connectivity index (χ2v) is 3.83. The monoisotopic (exact) mass is 235 g/mol. The molecule has 4 heteroatoms. The lowest BCUT2D eigenvalue weighted by Crippen LogP contribution is -2.38. The van der Waals surface area contributed by atoms with Gasteiger partial charge in [-0.15, -0.1) is 0 Å². The molecule has 0 aliphatic rings. The fourth-order valence-corrected chi connectivity index (χ4v) is 1.38. The highest BCUT2D eigenvalue weighted by Crippen LogP contribution is 2.02. The third-order valence-corrected chi connectivity index (χ3v) is 2.40. The van der Waals surface area contributed by atoms with E-state index in [2.05, 4.69) is 46.8 Å². The van der Waals surface area contributed by atoms with Gasteiger partial charge in [-0.25, -0.2) is 0 Å². The molecule has 1 aromatic carbocycles. The van der Waals surface area contributed by atoms with Crippen LogP contribution in [0.1, 0.15) is 11.1 Å². The molecular weight excluding hydrogens is 214 g/mol. The highest BCUT2D eigenvalue weighted by molar-refractivity contribution is 5.79. The van der Waals surface area contributed by atoms with Crippen LogP contribution >= 0.6 is 0 Å². The van der Waals surface area contributed by atoms with Crippen LogP contribution in [-0.2, 0) is 11.3 Å². The molecule has 0 bridgehead atoms. The summed E-state index contributed by atoms with van der Waals surface area (Å²) in [5.41, 5.74) is 2.52. The molecule has 0 spiro atoms. The summed E-state index contributed by atoms with van der Waals surface area (Å²) in [6.45, 7) is 4.28. The summed E-state index contributed by atoms with van der Waals surface area (Å²) in [6, 6.07) is 8.45. The van der Waals surface area contributed by atoms with Crippen molar-refractivity contribution >= 4 is 5.96 Å². The first kappa shape index (κ1) is 13.5. The van der Waals surface area contributed by atoms with Crippen LogP contribution in [0, 0.1) is 6.92 Å². The largest absolute Gasteiger partial charge is 0.383 e. The number of nitrogens with zero attached hydrogens (tertiary/aromatic N) is 1. The van der Waals surface area contributed by atoms with E-state index >= 15 is 0 Å². The van der Waals surface area contributed by atoms with Gasteiger partial charge in [0.25, 0.3) is 0 Å². The molecule has 0 aliphatic carbocycles. The summed E-state index contributed by atoms with van der Waals surface area (Å²) < 4.78 is 4.97. The molecule has 0 aliphatic heterocycles. The number of benzene rings is 1. The predicted octanol–water partition coefficient (Wildman–Crippen LogP) is 1.31. The van der Waals surface area contributed by atoms with E-state index in [1.165, 1.54) is 11.1 Å². The number of hydrogen-bond acceptors (Lipinski definition) is 2. The summed E-state index contributed by atoms with van der Waals surface area (Å²) in [4.78, 5) is 4.13. The normalized spacial score (nSPS) is 11.4. The Hall–Kier alpha value is -1.55. The average molecular weight is 235 g/mol. The van der Waals surface area contributed by atoms with Crippen LogP contribution in [0.15, 0.2) is 29.3 Å². The zero-order valence-corrected chi connectivity index (χ0v) is 10.8. The Labute approximate surface area is 103 Å². The first-order valence-electron chi connectivity index (χ1n) is 5.75. The van der Waals surface area contributed by atoms with Crippen LogP contribution in [-0.4, -0.2) is 33.3 Å². The van der Waals surface area contributed by atoms with E-state index < -0.39 is 0 Å². The van der Waals surface area contributed by atoms with Gasteiger partial charge < -0.3 is 15.4 Å². The average Bonchev–Trinajstić information content (AvgIpc) is 2.35. The van der Waals surface area contributed by atoms with Gasteiger partial charge in [0, 0.05) is 27.2 Å². The Morgan fingerprint density at radius 1 is 1.24 bits per heavy atom. The maximum absolute atomic E-state index is 4.97. The highest BCUT2D eigenvalue weighted by atomic mass is 16.5. The minimum Gasteiger partial charge on any atom is -0.383 e. The first-order chi connectivity index (χ1) is 8.26. The Morgan fingerprint density at radius 2 is 1.94 bits per heavy atom. The standard InChI is InChI=1S/C13H21N3O/c1-11-4-6-12(7-5-11)10-16-13(14-2)15-8-9-17-3/h4-7H,8-10H2,1-3H3,(H2,14,15,16). The molecule has 0 radical (unpaired) electrons. The third kappa shape index (κ3) is 5.36. The number of ether oxygens (including phenoxy) is 1. The summed E-state index contributed by atoms with van der Waals surface area (Å²) in [5, 5.41) is 6.41. The Kier molecular flexibility index (Phi) is 6.10. The van der Waals surface area contributed by atoms with Crippen LogP contribution in [0.2, 0.25) is 0 Å². The molecule has 0 fully saturated rings. The summed E-state index contributed by atoms with van der Waals surface area (Å²) in [7, 11) is 3.45. The van der Waals surface area contributed by atoms with Crippen molar-refractivity contribution in [2.45, 2.75) is 13.5 Å². The second-order valence-electron chi connectivity index (χ2n) is 3.83. The van der Waals surface area contributed by atoms with Crippen LogP contribution in [0.25, 0.3) is 0 Å². The molecule has 0 unspecified atom stereocenters. The van der Waals surface area contributed by atoms with Crippen molar-refractivity contribution in [3.63, 3.8) is 0 Å². The van der Waals surface area contributed by atoms with Gasteiger partial charge in [0.2, 0.25) is 0 Å². The smallest absolute Gasteiger partial charge is 0.191 e. The topological polar surface area (TPSA) is 45.7 Å². The van der Waals surface area contributed by atoms with E-state index in [1.807, 2.05) is 0 Å². The van der Waals surface area contributed by atoms with E-state index in [1.54, 1.807) is 14.2 Å². The molecule has 0 amide bonds. The zero-order valence-electron chi connectivity index (χ0n) is 10.8. The summed E-state index contributed by atoms with van der Waals surface area (Å²) in [5.74, 6) is 0.794. The minimum atomic E-state index is 0.672. The van der Waals surface area contributed by atoms with Crippen LogP contribution in [0.4, 0.5) is 0 Å². The maximum atomic E-state index is 4.97. The van der Waals surface area contributed by atoms with Crippen LogP contribution in [0.5, 0.6) is 0 Å². The Bertz CT molecular complexity index is 346. The number of aliphatic imine (C=N–C) groups is 1. The van der Waals surface area contributed by atoms with E-state index in [-0.39, 0.29) is 0 Å². The van der Waals surface area contributed by atoms with Gasteiger partial charge in [0.15, 0.2) is 5.96 Å². The van der Waals surface area contributed by atoms with Crippen molar-refractivity contribution < 1.29 is 4.74 Å². The quantitative estimate of drug-likeness (QED) is 0.459. The number of aryl methyl sites for hydroxylation is 1. The van der Waals surface area contributed by atoms with Crippen LogP contribution in [0.3, 0.4) is 0 Å². The number of nitrogens with one attached hydrogen (secondary N) is 2. The molecule has 0 heterocycles. The zero-order chi connectivity index (χ0) is 12.5. The molecule has 4 nitrogen and oxygen atoms in total. The number of methoxy groups -OCH3 is 1. The van der Waals surface area contributed by atoms with Gasteiger partial charge in [0.1, 0.15) is 0 Å². The van der Waals surface area contributed by atoms with Crippen molar-refractivity contribution in [3.8, 4) is 0 Å². The molecule has 0 atom stereocenters. The lowest BCUT2D eigenvalue weighted by Gasteiger charge is -2.11. The Morgan fingerprint density at radius 3 is 2.53 bits per heavy atom. The number of rotatable bonds is 5. The van der Waals surface area contributed by atoms with Crippen molar-refractivity contribution in [2.75, 3.05) is 27.3 Å². The van der Waals surface area contributed by atoms with Gasteiger partial charge >= 0.3 is 0 Å². The fraction of sp³-hybridized carbons (Fsp3) is 0.462. The van der Waals surface area contributed by atoms with Gasteiger partial charge in [-0.2, -0.15) is 0 Å². The van der Waals surface area contributed by atoms with E-state index in [0.717, 1.165) is 19.0 Å². The van der Waals surface area contributed by atoms with Crippen LogP contribution < -0.4 is 10.6 Å². The van der Waals surface area contributed by atoms with Crippen molar-refractivity contribution in [2.24, 2.45) is 4.99 Å². The van der Waals surface area contributed by atoms with Gasteiger partial charge in [0.05, 0.1) is 6.61 Å². The number of guanidine groups is 1. The Balaban J connectivity index is 2.35. The fourth-order valence-electron chi connectivity index (χ4n) is 1.38. The highest BCUT2D eigenvalue weighted by Gasteiger charge is 1.97. The van der Waals surface area contributed by atoms with E-state index in [9.17, 15) is 0 Å². The van der Waals surface area contributed by atoms with Crippen molar-refractivity contribution in [1.82, 2.24) is 10.6 Å².